The molecule has 0 bridgehead atoms. The average Bonchev–Trinajstić information content (AvgIpc) is 3.27. The molecule has 35 heavy (non-hydrogen) atoms. The molecule has 182 valence electrons. The summed E-state index contributed by atoms with van der Waals surface area (Å²) < 4.78 is 33.0. The molecule has 0 radical (unpaired) electrons. The van der Waals surface area contributed by atoms with Crippen LogP contribution < -0.4 is 19.7 Å². The van der Waals surface area contributed by atoms with Gasteiger partial charge in [0.2, 0.25) is 10.0 Å². The molecule has 3 aromatic carbocycles. The number of sulfonamides is 1. The van der Waals surface area contributed by atoms with Crippen molar-refractivity contribution < 1.29 is 22.7 Å². The fraction of sp³-hybridized carbons (Fsp3) is 0.231. The third-order valence-corrected chi connectivity index (χ3v) is 7.31. The zero-order chi connectivity index (χ0) is 25.2. The number of anilines is 2. The van der Waals surface area contributed by atoms with Gasteiger partial charge in [-0.3, -0.25) is 9.59 Å². The number of rotatable bonds is 7. The standard InChI is InChI=1S/C26H27N3O5S/c1-17(2)28-35(32,33)24-16-20(10-13-23(24)34-3)25(30)27-21-11-8-19(9-12-21)26(31)29-15-14-18-6-4-5-7-22(18)29/h4-13,16-17,28H,14-15H2,1-3H3,(H,27,30). The molecule has 0 spiro atoms. The number of hydrogen-bond donors (Lipinski definition) is 2. The number of nitrogens with zero attached hydrogens (tertiary/aromatic N) is 1. The molecule has 1 aliphatic rings. The molecule has 0 fully saturated rings. The maximum atomic E-state index is 13.0. The zero-order valence-electron chi connectivity index (χ0n) is 19.7. The minimum Gasteiger partial charge on any atom is -0.495 e. The van der Waals surface area contributed by atoms with Gasteiger partial charge in [0, 0.05) is 35.1 Å². The maximum absolute atomic E-state index is 13.0. The van der Waals surface area contributed by atoms with E-state index < -0.39 is 15.9 Å². The van der Waals surface area contributed by atoms with Crippen molar-refractivity contribution in [1.29, 1.82) is 0 Å². The Bertz CT molecular complexity index is 1370. The summed E-state index contributed by atoms with van der Waals surface area (Å²) in [6.45, 7) is 4.04. The van der Waals surface area contributed by atoms with Gasteiger partial charge in [-0.2, -0.15) is 0 Å². The summed E-state index contributed by atoms with van der Waals surface area (Å²) in [5.74, 6) is -0.447. The first kappa shape index (κ1) is 24.4. The minimum absolute atomic E-state index is 0.101. The summed E-state index contributed by atoms with van der Waals surface area (Å²) in [5, 5.41) is 2.75. The molecule has 0 unspecified atom stereocenters. The Hall–Kier alpha value is -3.69. The number of hydrogen-bond acceptors (Lipinski definition) is 5. The van der Waals surface area contributed by atoms with E-state index in [1.54, 1.807) is 43.0 Å². The lowest BCUT2D eigenvalue weighted by Gasteiger charge is -2.17. The first-order chi connectivity index (χ1) is 16.7. The van der Waals surface area contributed by atoms with Gasteiger partial charge < -0.3 is 15.0 Å². The van der Waals surface area contributed by atoms with Gasteiger partial charge in [-0.05, 0) is 74.4 Å². The highest BCUT2D eigenvalue weighted by molar-refractivity contribution is 7.89. The Balaban J connectivity index is 1.50. The van der Waals surface area contributed by atoms with Crippen LogP contribution in [0.4, 0.5) is 11.4 Å². The summed E-state index contributed by atoms with van der Waals surface area (Å²) >= 11 is 0. The summed E-state index contributed by atoms with van der Waals surface area (Å²) in [6.07, 6.45) is 0.822. The molecule has 0 atom stereocenters. The van der Waals surface area contributed by atoms with E-state index in [0.29, 0.717) is 17.8 Å². The fourth-order valence-corrected chi connectivity index (χ4v) is 5.45. The van der Waals surface area contributed by atoms with Crippen molar-refractivity contribution in [2.24, 2.45) is 0 Å². The molecular formula is C26H27N3O5S. The number of amides is 2. The van der Waals surface area contributed by atoms with Crippen LogP contribution in [-0.4, -0.2) is 39.9 Å². The number of para-hydroxylation sites is 1. The molecule has 2 N–H and O–H groups in total. The SMILES string of the molecule is COc1ccc(C(=O)Nc2ccc(C(=O)N3CCc4ccccc43)cc2)cc1S(=O)(=O)NC(C)C. The summed E-state index contributed by atoms with van der Waals surface area (Å²) in [7, 11) is -2.50. The van der Waals surface area contributed by atoms with Gasteiger partial charge >= 0.3 is 0 Å². The van der Waals surface area contributed by atoms with Crippen molar-refractivity contribution in [3.63, 3.8) is 0 Å². The van der Waals surface area contributed by atoms with Crippen LogP contribution in [0.3, 0.4) is 0 Å². The van der Waals surface area contributed by atoms with Crippen molar-refractivity contribution in [2.45, 2.75) is 31.2 Å². The predicted molar refractivity (Wildman–Crippen MR) is 135 cm³/mol. The Morgan fingerprint density at radius 3 is 2.34 bits per heavy atom. The van der Waals surface area contributed by atoms with Crippen LogP contribution in [0.2, 0.25) is 0 Å². The van der Waals surface area contributed by atoms with Gasteiger partial charge in [-0.15, -0.1) is 0 Å². The molecule has 2 amide bonds. The Kier molecular flexibility index (Phi) is 6.90. The number of nitrogens with one attached hydrogen (secondary N) is 2. The van der Waals surface area contributed by atoms with E-state index in [1.807, 2.05) is 24.3 Å². The molecule has 3 aromatic rings. The predicted octanol–water partition coefficient (Wildman–Crippen LogP) is 3.84. The van der Waals surface area contributed by atoms with Gasteiger partial charge in [0.05, 0.1) is 7.11 Å². The molecule has 0 saturated carbocycles. The third-order valence-electron chi connectivity index (χ3n) is 5.63. The van der Waals surface area contributed by atoms with Crippen LogP contribution in [0.25, 0.3) is 0 Å². The number of benzene rings is 3. The van der Waals surface area contributed by atoms with E-state index in [9.17, 15) is 18.0 Å². The summed E-state index contributed by atoms with van der Waals surface area (Å²) in [6, 6.07) is 18.4. The van der Waals surface area contributed by atoms with Crippen molar-refractivity contribution in [3.8, 4) is 5.75 Å². The fourth-order valence-electron chi connectivity index (χ4n) is 4.01. The van der Waals surface area contributed by atoms with Crippen LogP contribution in [0, 0.1) is 0 Å². The van der Waals surface area contributed by atoms with Crippen molar-refractivity contribution in [2.75, 3.05) is 23.9 Å². The van der Waals surface area contributed by atoms with E-state index in [1.165, 1.54) is 25.3 Å². The number of ether oxygens (including phenoxy) is 1. The van der Waals surface area contributed by atoms with E-state index in [-0.39, 0.29) is 28.2 Å². The van der Waals surface area contributed by atoms with Crippen LogP contribution in [0.15, 0.2) is 71.6 Å². The molecule has 1 aliphatic heterocycles. The first-order valence-corrected chi connectivity index (χ1v) is 12.7. The van der Waals surface area contributed by atoms with Crippen LogP contribution in [-0.2, 0) is 16.4 Å². The Morgan fingerprint density at radius 1 is 0.971 bits per heavy atom. The van der Waals surface area contributed by atoms with Crippen LogP contribution in [0.1, 0.15) is 40.1 Å². The molecule has 9 heteroatoms. The number of fused-ring (bicyclic) bond motifs is 1. The van der Waals surface area contributed by atoms with Crippen LogP contribution in [0.5, 0.6) is 5.75 Å². The summed E-state index contributed by atoms with van der Waals surface area (Å²) in [4.78, 5) is 27.5. The smallest absolute Gasteiger partial charge is 0.258 e. The second-order valence-corrected chi connectivity index (χ2v) is 10.2. The quantitative estimate of drug-likeness (QED) is 0.520. The monoisotopic (exact) mass is 493 g/mol. The molecule has 0 saturated heterocycles. The molecule has 8 nitrogen and oxygen atoms in total. The highest BCUT2D eigenvalue weighted by Gasteiger charge is 2.25. The highest BCUT2D eigenvalue weighted by atomic mass is 32.2. The molecule has 4 rings (SSSR count). The minimum atomic E-state index is -3.87. The lowest BCUT2D eigenvalue weighted by molar-refractivity contribution is 0.0988. The largest absolute Gasteiger partial charge is 0.495 e. The van der Waals surface area contributed by atoms with Gasteiger partial charge in [-0.25, -0.2) is 13.1 Å². The van der Waals surface area contributed by atoms with E-state index in [4.69, 9.17) is 4.74 Å². The second kappa shape index (κ2) is 9.89. The highest BCUT2D eigenvalue weighted by Crippen LogP contribution is 2.29. The average molecular weight is 494 g/mol. The molecular weight excluding hydrogens is 466 g/mol. The number of methoxy groups -OCH3 is 1. The van der Waals surface area contributed by atoms with Crippen molar-refractivity contribution in [1.82, 2.24) is 4.72 Å². The zero-order valence-corrected chi connectivity index (χ0v) is 20.6. The normalized spacial score (nSPS) is 13.0. The van der Waals surface area contributed by atoms with E-state index >= 15 is 0 Å². The van der Waals surface area contributed by atoms with Gasteiger partial charge in [-0.1, -0.05) is 18.2 Å². The van der Waals surface area contributed by atoms with E-state index in [2.05, 4.69) is 10.0 Å². The molecule has 1 heterocycles. The molecule has 0 aliphatic carbocycles. The number of carbonyl (C=O) groups is 2. The topological polar surface area (TPSA) is 105 Å². The van der Waals surface area contributed by atoms with Gasteiger partial charge in [0.25, 0.3) is 11.8 Å². The Morgan fingerprint density at radius 2 is 1.66 bits per heavy atom. The third kappa shape index (κ3) is 5.21. The number of carbonyl (C=O) groups excluding carboxylic acids is 2. The molecule has 0 aromatic heterocycles. The lowest BCUT2D eigenvalue weighted by atomic mass is 10.1. The van der Waals surface area contributed by atoms with Crippen LogP contribution >= 0.6 is 0 Å². The van der Waals surface area contributed by atoms with E-state index in [0.717, 1.165) is 17.7 Å². The summed E-state index contributed by atoms with van der Waals surface area (Å²) in [5.41, 5.74) is 3.22. The van der Waals surface area contributed by atoms with Crippen molar-refractivity contribution >= 4 is 33.2 Å². The van der Waals surface area contributed by atoms with Crippen molar-refractivity contribution in [3.05, 3.63) is 83.4 Å². The Labute approximate surface area is 205 Å². The van der Waals surface area contributed by atoms with Gasteiger partial charge in [0.15, 0.2) is 0 Å². The lowest BCUT2D eigenvalue weighted by Crippen LogP contribution is -2.30. The van der Waals surface area contributed by atoms with Gasteiger partial charge in [0.1, 0.15) is 10.6 Å². The first-order valence-electron chi connectivity index (χ1n) is 11.2. The maximum Gasteiger partial charge on any atom is 0.258 e. The second-order valence-electron chi connectivity index (χ2n) is 8.51.